The standard InChI is InChI=1S/C20H26N2O4/c1-3-16-26-18-9-6-5-8-17(18)10-11-19(23)22(14-7-13-21)15-12-20(24)25-4-2/h5-6,8-11H,3-4,7,12,14-16H2,1-2H3/b11-10+. The summed E-state index contributed by atoms with van der Waals surface area (Å²) in [6.45, 7) is 5.16. The second kappa shape index (κ2) is 12.5. The van der Waals surface area contributed by atoms with Gasteiger partial charge < -0.3 is 14.4 Å². The molecule has 1 rings (SSSR count). The predicted octanol–water partition coefficient (Wildman–Crippen LogP) is 3.18. The Morgan fingerprint density at radius 3 is 2.69 bits per heavy atom. The number of esters is 1. The SMILES string of the molecule is CCCOc1ccccc1/C=C/C(=O)N(CCC#N)CCC(=O)OCC. The van der Waals surface area contributed by atoms with E-state index in [2.05, 4.69) is 0 Å². The molecule has 0 atom stereocenters. The van der Waals surface area contributed by atoms with E-state index < -0.39 is 0 Å². The van der Waals surface area contributed by atoms with Crippen LogP contribution < -0.4 is 4.74 Å². The van der Waals surface area contributed by atoms with Crippen molar-refractivity contribution >= 4 is 18.0 Å². The van der Waals surface area contributed by atoms with Crippen molar-refractivity contribution in [3.05, 3.63) is 35.9 Å². The van der Waals surface area contributed by atoms with Gasteiger partial charge in [0, 0.05) is 24.7 Å². The fourth-order valence-electron chi connectivity index (χ4n) is 2.20. The Bertz CT molecular complexity index is 649. The van der Waals surface area contributed by atoms with Crippen LogP contribution in [0.2, 0.25) is 0 Å². The summed E-state index contributed by atoms with van der Waals surface area (Å²) in [4.78, 5) is 25.4. The van der Waals surface area contributed by atoms with Crippen molar-refractivity contribution in [1.82, 2.24) is 4.90 Å². The molecular weight excluding hydrogens is 332 g/mol. The highest BCUT2D eigenvalue weighted by molar-refractivity contribution is 5.92. The zero-order valence-corrected chi connectivity index (χ0v) is 15.4. The second-order valence-electron chi connectivity index (χ2n) is 5.51. The average molecular weight is 358 g/mol. The van der Waals surface area contributed by atoms with Gasteiger partial charge in [0.25, 0.3) is 0 Å². The van der Waals surface area contributed by atoms with Crippen LogP contribution in [0.25, 0.3) is 6.08 Å². The maximum absolute atomic E-state index is 12.5. The van der Waals surface area contributed by atoms with E-state index in [1.165, 1.54) is 11.0 Å². The topological polar surface area (TPSA) is 79.6 Å². The van der Waals surface area contributed by atoms with Crippen LogP contribution in [-0.2, 0) is 14.3 Å². The van der Waals surface area contributed by atoms with E-state index in [0.29, 0.717) is 19.0 Å². The highest BCUT2D eigenvalue weighted by Gasteiger charge is 2.13. The lowest BCUT2D eigenvalue weighted by Crippen LogP contribution is -2.32. The zero-order chi connectivity index (χ0) is 19.2. The highest BCUT2D eigenvalue weighted by Crippen LogP contribution is 2.19. The minimum absolute atomic E-state index is 0.106. The lowest BCUT2D eigenvalue weighted by Gasteiger charge is -2.19. The van der Waals surface area contributed by atoms with Crippen LogP contribution in [0.15, 0.2) is 30.3 Å². The van der Waals surface area contributed by atoms with E-state index in [-0.39, 0.29) is 37.8 Å². The molecular formula is C20H26N2O4. The summed E-state index contributed by atoms with van der Waals surface area (Å²) in [5, 5.41) is 8.77. The van der Waals surface area contributed by atoms with E-state index in [4.69, 9.17) is 14.7 Å². The maximum atomic E-state index is 12.5. The van der Waals surface area contributed by atoms with E-state index in [9.17, 15) is 9.59 Å². The van der Waals surface area contributed by atoms with Crippen molar-refractivity contribution < 1.29 is 19.1 Å². The van der Waals surface area contributed by atoms with Crippen molar-refractivity contribution in [2.24, 2.45) is 0 Å². The third-order valence-corrected chi connectivity index (χ3v) is 3.48. The van der Waals surface area contributed by atoms with E-state index >= 15 is 0 Å². The predicted molar refractivity (Wildman–Crippen MR) is 99.3 cm³/mol. The van der Waals surface area contributed by atoms with Crippen molar-refractivity contribution in [3.8, 4) is 11.8 Å². The summed E-state index contributed by atoms with van der Waals surface area (Å²) >= 11 is 0. The number of nitriles is 1. The molecule has 26 heavy (non-hydrogen) atoms. The normalized spacial score (nSPS) is 10.3. The van der Waals surface area contributed by atoms with Crippen LogP contribution in [0.3, 0.4) is 0 Å². The van der Waals surface area contributed by atoms with Crippen LogP contribution in [0, 0.1) is 11.3 Å². The van der Waals surface area contributed by atoms with Gasteiger partial charge in [-0.3, -0.25) is 9.59 Å². The number of carbonyl (C=O) groups excluding carboxylic acids is 2. The third kappa shape index (κ3) is 7.84. The largest absolute Gasteiger partial charge is 0.493 e. The van der Waals surface area contributed by atoms with Gasteiger partial charge in [-0.05, 0) is 25.5 Å². The van der Waals surface area contributed by atoms with Gasteiger partial charge in [-0.25, -0.2) is 0 Å². The van der Waals surface area contributed by atoms with Gasteiger partial charge in [0.1, 0.15) is 5.75 Å². The molecule has 0 aliphatic heterocycles. The lowest BCUT2D eigenvalue weighted by atomic mass is 10.2. The van der Waals surface area contributed by atoms with Gasteiger partial charge in [-0.1, -0.05) is 25.1 Å². The number of carbonyl (C=O) groups is 2. The summed E-state index contributed by atoms with van der Waals surface area (Å²) in [5.74, 6) is 0.105. The number of amides is 1. The monoisotopic (exact) mass is 358 g/mol. The van der Waals surface area contributed by atoms with Gasteiger partial charge in [-0.2, -0.15) is 5.26 Å². The first-order chi connectivity index (χ1) is 12.6. The molecule has 6 nitrogen and oxygen atoms in total. The molecule has 1 aromatic rings. The first-order valence-electron chi connectivity index (χ1n) is 8.83. The molecule has 0 aliphatic rings. The van der Waals surface area contributed by atoms with E-state index in [0.717, 1.165) is 12.0 Å². The molecule has 0 radical (unpaired) electrons. The Balaban J connectivity index is 2.77. The van der Waals surface area contributed by atoms with Gasteiger partial charge in [0.15, 0.2) is 0 Å². The number of hydrogen-bond acceptors (Lipinski definition) is 5. The smallest absolute Gasteiger partial charge is 0.307 e. The molecule has 0 spiro atoms. The maximum Gasteiger partial charge on any atom is 0.307 e. The minimum atomic E-state index is -0.357. The number of ether oxygens (including phenoxy) is 2. The lowest BCUT2D eigenvalue weighted by molar-refractivity contribution is -0.143. The summed E-state index contributed by atoms with van der Waals surface area (Å²) in [7, 11) is 0. The van der Waals surface area contributed by atoms with Crippen molar-refractivity contribution in [3.63, 3.8) is 0 Å². The number of hydrogen-bond donors (Lipinski definition) is 0. The second-order valence-corrected chi connectivity index (χ2v) is 5.51. The van der Waals surface area contributed by atoms with Crippen LogP contribution in [0.4, 0.5) is 0 Å². The molecule has 0 saturated carbocycles. The third-order valence-electron chi connectivity index (χ3n) is 3.48. The Hall–Kier alpha value is -2.81. The fourth-order valence-corrected chi connectivity index (χ4v) is 2.20. The molecule has 0 aliphatic carbocycles. The summed E-state index contributed by atoms with van der Waals surface area (Å²) < 4.78 is 10.6. The zero-order valence-electron chi connectivity index (χ0n) is 15.4. The number of benzene rings is 1. The van der Waals surface area contributed by atoms with Crippen LogP contribution in [-0.4, -0.2) is 43.1 Å². The minimum Gasteiger partial charge on any atom is -0.493 e. The Labute approximate surface area is 155 Å². The van der Waals surface area contributed by atoms with Crippen LogP contribution in [0.1, 0.15) is 38.7 Å². The number of nitrogens with zero attached hydrogens (tertiary/aromatic N) is 2. The Morgan fingerprint density at radius 2 is 2.00 bits per heavy atom. The molecule has 140 valence electrons. The Kier molecular flexibility index (Phi) is 10.2. The molecule has 0 bridgehead atoms. The van der Waals surface area contributed by atoms with Crippen molar-refractivity contribution in [2.45, 2.75) is 33.1 Å². The molecule has 0 N–H and O–H groups in total. The quantitative estimate of drug-likeness (QED) is 0.448. The average Bonchev–Trinajstić information content (AvgIpc) is 2.65. The summed E-state index contributed by atoms with van der Waals surface area (Å²) in [6.07, 6.45) is 4.34. The van der Waals surface area contributed by atoms with E-state index in [1.807, 2.05) is 37.3 Å². The number of para-hydroxylation sites is 1. The molecule has 0 aromatic heterocycles. The van der Waals surface area contributed by atoms with E-state index in [1.54, 1.807) is 13.0 Å². The summed E-state index contributed by atoms with van der Waals surface area (Å²) in [6, 6.07) is 9.49. The van der Waals surface area contributed by atoms with Gasteiger partial charge in [-0.15, -0.1) is 0 Å². The highest BCUT2D eigenvalue weighted by atomic mass is 16.5. The molecule has 1 aromatic carbocycles. The van der Waals surface area contributed by atoms with Crippen LogP contribution >= 0.6 is 0 Å². The first-order valence-corrected chi connectivity index (χ1v) is 8.83. The van der Waals surface area contributed by atoms with Gasteiger partial charge >= 0.3 is 5.97 Å². The first kappa shape index (κ1) is 21.2. The van der Waals surface area contributed by atoms with Gasteiger partial charge in [0.05, 0.1) is 32.1 Å². The molecule has 1 amide bonds. The molecule has 0 saturated heterocycles. The summed E-state index contributed by atoms with van der Waals surface area (Å²) in [5.41, 5.74) is 0.805. The van der Waals surface area contributed by atoms with Crippen molar-refractivity contribution in [1.29, 1.82) is 5.26 Å². The van der Waals surface area contributed by atoms with Crippen LogP contribution in [0.5, 0.6) is 5.75 Å². The molecule has 6 heteroatoms. The molecule has 0 fully saturated rings. The number of rotatable bonds is 11. The molecule has 0 heterocycles. The fraction of sp³-hybridized carbons (Fsp3) is 0.450. The molecule has 0 unspecified atom stereocenters. The van der Waals surface area contributed by atoms with Gasteiger partial charge in [0.2, 0.25) is 5.91 Å². The Morgan fingerprint density at radius 1 is 1.23 bits per heavy atom. The van der Waals surface area contributed by atoms with Crippen molar-refractivity contribution in [2.75, 3.05) is 26.3 Å².